The first-order valence-electron chi connectivity index (χ1n) is 11.8. The fourth-order valence-electron chi connectivity index (χ4n) is 5.07. The van der Waals surface area contributed by atoms with Crippen molar-refractivity contribution in [1.82, 2.24) is 0 Å². The van der Waals surface area contributed by atoms with Crippen LogP contribution in [0.15, 0.2) is 23.8 Å². The third kappa shape index (κ3) is 4.78. The average Bonchev–Trinajstić information content (AvgIpc) is 3.17. The second-order valence-electron chi connectivity index (χ2n) is 10.4. The Morgan fingerprint density at radius 3 is 2.50 bits per heavy atom. The van der Waals surface area contributed by atoms with Crippen LogP contribution in [-0.4, -0.2) is 63.9 Å². The van der Waals surface area contributed by atoms with E-state index < -0.39 is 65.5 Å². The van der Waals surface area contributed by atoms with Crippen molar-refractivity contribution in [3.05, 3.63) is 23.8 Å². The highest BCUT2D eigenvalue weighted by molar-refractivity contribution is 5.91. The van der Waals surface area contributed by atoms with Gasteiger partial charge < -0.3 is 29.2 Å². The highest BCUT2D eigenvalue weighted by Gasteiger charge is 2.65. The summed E-state index contributed by atoms with van der Waals surface area (Å²) in [5, 5.41) is 23.2. The Morgan fingerprint density at radius 2 is 1.91 bits per heavy atom. The number of hydrogen-bond donors (Lipinski definition) is 2. The van der Waals surface area contributed by atoms with Crippen LogP contribution in [0.25, 0.3) is 0 Å². The quantitative estimate of drug-likeness (QED) is 0.346. The maximum absolute atomic E-state index is 12.7. The summed E-state index contributed by atoms with van der Waals surface area (Å²) in [6.45, 7) is 14.0. The fourth-order valence-corrected chi connectivity index (χ4v) is 5.07. The number of aliphatic hydroxyl groups is 2. The van der Waals surface area contributed by atoms with Gasteiger partial charge in [-0.3, -0.25) is 4.79 Å². The Kier molecular flexibility index (Phi) is 7.32. The topological polar surface area (TPSA) is 129 Å². The molecule has 3 heterocycles. The number of carbonyl (C=O) groups excluding carboxylic acids is 3. The van der Waals surface area contributed by atoms with Gasteiger partial charge >= 0.3 is 17.9 Å². The molecule has 0 aromatic carbocycles. The van der Waals surface area contributed by atoms with Crippen molar-refractivity contribution in [2.24, 2.45) is 17.8 Å². The van der Waals surface area contributed by atoms with Crippen molar-refractivity contribution in [2.75, 3.05) is 0 Å². The van der Waals surface area contributed by atoms with Crippen LogP contribution in [0.4, 0.5) is 0 Å². The number of rotatable bonds is 5. The fraction of sp³-hybridized carbons (Fsp3) is 0.720. The summed E-state index contributed by atoms with van der Waals surface area (Å²) < 4.78 is 23.0. The van der Waals surface area contributed by atoms with Gasteiger partial charge in [0.05, 0.1) is 12.0 Å². The van der Waals surface area contributed by atoms with E-state index in [-0.39, 0.29) is 24.3 Å². The zero-order valence-corrected chi connectivity index (χ0v) is 20.7. The van der Waals surface area contributed by atoms with Gasteiger partial charge in [0.25, 0.3) is 0 Å². The van der Waals surface area contributed by atoms with Crippen LogP contribution in [-0.2, 0) is 33.3 Å². The van der Waals surface area contributed by atoms with Gasteiger partial charge in [0.2, 0.25) is 5.79 Å². The molecule has 8 atom stereocenters. The maximum Gasteiger partial charge on any atom is 0.334 e. The number of allylic oxidation sites excluding steroid dienone is 1. The maximum atomic E-state index is 12.7. The number of fused-ring (bicyclic) bond motifs is 3. The van der Waals surface area contributed by atoms with Crippen molar-refractivity contribution >= 4 is 17.9 Å². The van der Waals surface area contributed by atoms with Crippen LogP contribution < -0.4 is 0 Å². The minimum atomic E-state index is -1.95. The third-order valence-electron chi connectivity index (χ3n) is 7.05. The molecule has 0 radical (unpaired) electrons. The van der Waals surface area contributed by atoms with Gasteiger partial charge in [-0.15, -0.1) is 0 Å². The van der Waals surface area contributed by atoms with E-state index in [2.05, 4.69) is 6.58 Å². The molecular formula is C25H36O9. The molecule has 9 nitrogen and oxygen atoms in total. The number of hydrogen-bond acceptors (Lipinski definition) is 9. The van der Waals surface area contributed by atoms with Gasteiger partial charge in [-0.1, -0.05) is 33.4 Å². The van der Waals surface area contributed by atoms with E-state index in [4.69, 9.17) is 18.9 Å². The van der Waals surface area contributed by atoms with Gasteiger partial charge in [0, 0.05) is 29.9 Å². The zero-order valence-electron chi connectivity index (χ0n) is 20.7. The van der Waals surface area contributed by atoms with Gasteiger partial charge in [-0.05, 0) is 33.1 Å². The summed E-state index contributed by atoms with van der Waals surface area (Å²) in [6, 6.07) is 0. The van der Waals surface area contributed by atoms with Crippen molar-refractivity contribution < 1.29 is 43.5 Å². The molecule has 2 bridgehead atoms. The van der Waals surface area contributed by atoms with Gasteiger partial charge in [-0.25, -0.2) is 9.59 Å². The Labute approximate surface area is 200 Å². The van der Waals surface area contributed by atoms with E-state index in [9.17, 15) is 24.6 Å². The molecule has 3 saturated heterocycles. The first kappa shape index (κ1) is 26.4. The van der Waals surface area contributed by atoms with E-state index in [0.29, 0.717) is 12.0 Å². The van der Waals surface area contributed by atoms with Gasteiger partial charge in [-0.2, -0.15) is 0 Å². The molecule has 3 fully saturated rings. The second kappa shape index (κ2) is 9.43. The molecule has 0 aliphatic carbocycles. The smallest absolute Gasteiger partial charge is 0.334 e. The normalized spacial score (nSPS) is 40.2. The Bertz CT molecular complexity index is 889. The zero-order chi connectivity index (χ0) is 25.6. The van der Waals surface area contributed by atoms with Crippen LogP contribution in [0.3, 0.4) is 0 Å². The minimum Gasteiger partial charge on any atom is -0.456 e. The molecule has 0 saturated carbocycles. The summed E-state index contributed by atoms with van der Waals surface area (Å²) in [7, 11) is 0. The summed E-state index contributed by atoms with van der Waals surface area (Å²) in [6.07, 6.45) is -2.55. The molecule has 9 heteroatoms. The molecule has 3 aliphatic rings. The summed E-state index contributed by atoms with van der Waals surface area (Å²) in [5.74, 6) is -5.61. The van der Waals surface area contributed by atoms with Crippen LogP contribution in [0.1, 0.15) is 60.8 Å². The minimum absolute atomic E-state index is 0.00755. The molecule has 3 rings (SSSR count). The van der Waals surface area contributed by atoms with Crippen molar-refractivity contribution in [2.45, 2.75) is 96.6 Å². The average molecular weight is 481 g/mol. The molecule has 34 heavy (non-hydrogen) atoms. The van der Waals surface area contributed by atoms with Gasteiger partial charge in [0.15, 0.2) is 18.3 Å². The molecule has 0 aromatic rings. The highest BCUT2D eigenvalue weighted by atomic mass is 16.7. The molecular weight excluding hydrogens is 444 g/mol. The lowest BCUT2D eigenvalue weighted by atomic mass is 9.75. The largest absolute Gasteiger partial charge is 0.456 e. The Balaban J connectivity index is 2.13. The number of ether oxygens (including phenoxy) is 4. The van der Waals surface area contributed by atoms with Crippen molar-refractivity contribution in [1.29, 1.82) is 0 Å². The molecule has 0 aromatic heterocycles. The van der Waals surface area contributed by atoms with E-state index in [1.807, 2.05) is 13.8 Å². The Morgan fingerprint density at radius 1 is 1.26 bits per heavy atom. The van der Waals surface area contributed by atoms with E-state index >= 15 is 0 Å². The molecule has 0 amide bonds. The molecule has 190 valence electrons. The van der Waals surface area contributed by atoms with E-state index in [0.717, 1.165) is 0 Å². The van der Waals surface area contributed by atoms with Crippen LogP contribution >= 0.6 is 0 Å². The predicted molar refractivity (Wildman–Crippen MR) is 120 cm³/mol. The number of carbonyl (C=O) groups is 3. The lowest BCUT2D eigenvalue weighted by Gasteiger charge is -2.41. The first-order chi connectivity index (χ1) is 15.7. The molecule has 2 N–H and O–H groups in total. The van der Waals surface area contributed by atoms with Crippen molar-refractivity contribution in [3.63, 3.8) is 0 Å². The Hall–Kier alpha value is -2.23. The van der Waals surface area contributed by atoms with Crippen molar-refractivity contribution in [3.8, 4) is 0 Å². The van der Waals surface area contributed by atoms with Crippen LogP contribution in [0, 0.1) is 17.8 Å². The van der Waals surface area contributed by atoms with E-state index in [1.54, 1.807) is 26.8 Å². The lowest BCUT2D eigenvalue weighted by molar-refractivity contribution is -0.278. The highest BCUT2D eigenvalue weighted by Crippen LogP contribution is 2.50. The predicted octanol–water partition coefficient (Wildman–Crippen LogP) is 2.19. The van der Waals surface area contributed by atoms with E-state index in [1.165, 1.54) is 6.92 Å². The van der Waals surface area contributed by atoms with Crippen LogP contribution in [0.2, 0.25) is 0 Å². The first-order valence-corrected chi connectivity index (χ1v) is 11.8. The van der Waals surface area contributed by atoms with Crippen LogP contribution in [0.5, 0.6) is 0 Å². The lowest BCUT2D eigenvalue weighted by Crippen LogP contribution is -2.58. The third-order valence-corrected chi connectivity index (χ3v) is 7.05. The molecule has 0 spiro atoms. The second-order valence-corrected chi connectivity index (χ2v) is 10.4. The summed E-state index contributed by atoms with van der Waals surface area (Å²) >= 11 is 0. The number of esters is 3. The summed E-state index contributed by atoms with van der Waals surface area (Å²) in [4.78, 5) is 38.1. The standard InChI is InChI=1S/C25H36O9/c1-8-13(4)22(27)33-21-19-18(15(6)23(28)32-19)20(31-17(26)9-12(2)3)25(30)14(5)10-16(34-25)11-24(21,7)29/h8,12,14,16,18-21,29-30H,6,9-11H2,1-5,7H3. The SMILES string of the molecule is C=C1C(=O)OC2C1C(OC(=O)CC(C)C)C1(O)OC(CC1C)CC(C)(O)C2OC(=O)C(C)=CC. The monoisotopic (exact) mass is 480 g/mol. The van der Waals surface area contributed by atoms with Gasteiger partial charge in [0.1, 0.15) is 5.60 Å². The summed E-state index contributed by atoms with van der Waals surface area (Å²) in [5.41, 5.74) is -1.44. The molecule has 8 unspecified atom stereocenters. The molecule has 3 aliphatic heterocycles.